The standard InChI is InChI=1S/C8H6Cl2FNO.ClH/c9-4-1-5(7(13)3-12)8(11)6(10)2-4;/h1-2H,3,12H2;1H. The number of Topliss-reactive ketones (excluding diaryl/α,β-unsaturated/α-hetero) is 1. The molecule has 2 nitrogen and oxygen atoms in total. The zero-order valence-corrected chi connectivity index (χ0v) is 9.22. The van der Waals surface area contributed by atoms with Crippen molar-refractivity contribution in [1.82, 2.24) is 0 Å². The highest BCUT2D eigenvalue weighted by Crippen LogP contribution is 2.23. The molecule has 0 atom stereocenters. The average molecular weight is 259 g/mol. The van der Waals surface area contributed by atoms with Crippen molar-refractivity contribution in [1.29, 1.82) is 0 Å². The van der Waals surface area contributed by atoms with Crippen LogP contribution in [-0.2, 0) is 0 Å². The Morgan fingerprint density at radius 1 is 1.43 bits per heavy atom. The molecule has 2 N–H and O–H groups in total. The number of halogens is 4. The van der Waals surface area contributed by atoms with Crippen molar-refractivity contribution in [3.63, 3.8) is 0 Å². The van der Waals surface area contributed by atoms with Crippen LogP contribution in [0.25, 0.3) is 0 Å². The molecule has 0 aliphatic carbocycles. The van der Waals surface area contributed by atoms with E-state index in [-0.39, 0.29) is 34.6 Å². The van der Waals surface area contributed by atoms with Gasteiger partial charge in [-0.25, -0.2) is 4.39 Å². The summed E-state index contributed by atoms with van der Waals surface area (Å²) in [6.45, 7) is -0.270. The highest BCUT2D eigenvalue weighted by molar-refractivity contribution is 6.35. The van der Waals surface area contributed by atoms with Crippen LogP contribution in [0.2, 0.25) is 10.0 Å². The van der Waals surface area contributed by atoms with E-state index in [1.807, 2.05) is 0 Å². The lowest BCUT2D eigenvalue weighted by Crippen LogP contribution is -2.15. The van der Waals surface area contributed by atoms with Crippen molar-refractivity contribution in [2.24, 2.45) is 5.73 Å². The van der Waals surface area contributed by atoms with Crippen LogP contribution in [0.3, 0.4) is 0 Å². The van der Waals surface area contributed by atoms with Crippen LogP contribution in [0.5, 0.6) is 0 Å². The van der Waals surface area contributed by atoms with Crippen molar-refractivity contribution in [3.8, 4) is 0 Å². The summed E-state index contributed by atoms with van der Waals surface area (Å²) in [4.78, 5) is 11.1. The molecule has 1 aromatic carbocycles. The maximum atomic E-state index is 13.2. The van der Waals surface area contributed by atoms with Crippen molar-refractivity contribution < 1.29 is 9.18 Å². The van der Waals surface area contributed by atoms with Gasteiger partial charge >= 0.3 is 0 Å². The Hall–Kier alpha value is -0.350. The van der Waals surface area contributed by atoms with E-state index in [0.717, 1.165) is 0 Å². The normalized spacial score (nSPS) is 9.43. The minimum absolute atomic E-state index is 0. The first-order valence-electron chi connectivity index (χ1n) is 3.44. The molecule has 0 fully saturated rings. The lowest BCUT2D eigenvalue weighted by molar-refractivity contribution is 0.0997. The molecule has 0 aliphatic heterocycles. The Balaban J connectivity index is 0.00000169. The molecule has 6 heteroatoms. The van der Waals surface area contributed by atoms with Crippen LogP contribution >= 0.6 is 35.6 Å². The number of benzene rings is 1. The molecule has 0 aromatic heterocycles. The summed E-state index contributed by atoms with van der Waals surface area (Å²) in [7, 11) is 0. The van der Waals surface area contributed by atoms with E-state index < -0.39 is 11.6 Å². The van der Waals surface area contributed by atoms with E-state index in [9.17, 15) is 9.18 Å². The highest BCUT2D eigenvalue weighted by Gasteiger charge is 2.14. The summed E-state index contributed by atoms with van der Waals surface area (Å²) in [6, 6.07) is 2.43. The molecular formula is C8H7Cl3FNO. The van der Waals surface area contributed by atoms with Gasteiger partial charge in [0.2, 0.25) is 0 Å². The zero-order valence-electron chi connectivity index (χ0n) is 6.89. The average Bonchev–Trinajstić information content (AvgIpc) is 2.10. The molecule has 0 bridgehead atoms. The fraction of sp³-hybridized carbons (Fsp3) is 0.125. The number of carbonyl (C=O) groups is 1. The fourth-order valence-electron chi connectivity index (χ4n) is 0.869. The molecule has 1 aromatic rings. The SMILES string of the molecule is Cl.NCC(=O)c1cc(Cl)cc(Cl)c1F. The van der Waals surface area contributed by atoms with Gasteiger partial charge in [-0.3, -0.25) is 4.79 Å². The van der Waals surface area contributed by atoms with Gasteiger partial charge in [0.05, 0.1) is 17.1 Å². The summed E-state index contributed by atoms with van der Waals surface area (Å²) in [5, 5.41) is 0.0347. The van der Waals surface area contributed by atoms with Gasteiger partial charge in [-0.1, -0.05) is 23.2 Å². The summed E-state index contributed by atoms with van der Waals surface area (Å²) in [5.41, 5.74) is 4.90. The molecule has 78 valence electrons. The number of ketones is 1. The van der Waals surface area contributed by atoms with Gasteiger partial charge in [-0.05, 0) is 12.1 Å². The minimum Gasteiger partial charge on any atom is -0.324 e. The molecule has 0 saturated heterocycles. The minimum atomic E-state index is -0.776. The molecular weight excluding hydrogens is 251 g/mol. The predicted molar refractivity (Wildman–Crippen MR) is 57.1 cm³/mol. The van der Waals surface area contributed by atoms with E-state index >= 15 is 0 Å². The molecule has 0 heterocycles. The van der Waals surface area contributed by atoms with Gasteiger partial charge in [0.1, 0.15) is 0 Å². The maximum Gasteiger partial charge on any atom is 0.179 e. The van der Waals surface area contributed by atoms with Crippen LogP contribution < -0.4 is 5.73 Å². The Morgan fingerprint density at radius 3 is 2.50 bits per heavy atom. The first-order chi connectivity index (χ1) is 6.06. The van der Waals surface area contributed by atoms with E-state index in [1.54, 1.807) is 0 Å². The third-order valence-electron chi connectivity index (χ3n) is 1.48. The highest BCUT2D eigenvalue weighted by atomic mass is 35.5. The van der Waals surface area contributed by atoms with Crippen LogP contribution in [0.15, 0.2) is 12.1 Å². The summed E-state index contributed by atoms with van der Waals surface area (Å²) < 4.78 is 13.2. The van der Waals surface area contributed by atoms with Crippen LogP contribution in [0.1, 0.15) is 10.4 Å². The summed E-state index contributed by atoms with van der Waals surface area (Å²) in [6.07, 6.45) is 0. The molecule has 14 heavy (non-hydrogen) atoms. The smallest absolute Gasteiger partial charge is 0.179 e. The third-order valence-corrected chi connectivity index (χ3v) is 1.97. The molecule has 0 saturated carbocycles. The van der Waals surface area contributed by atoms with E-state index in [2.05, 4.69) is 0 Å². The summed E-state index contributed by atoms with van der Waals surface area (Å²) in [5.74, 6) is -1.30. The fourth-order valence-corrected chi connectivity index (χ4v) is 1.36. The van der Waals surface area contributed by atoms with Crippen LogP contribution in [0, 0.1) is 5.82 Å². The van der Waals surface area contributed by atoms with E-state index in [4.69, 9.17) is 28.9 Å². The van der Waals surface area contributed by atoms with Crippen molar-refractivity contribution in [2.75, 3.05) is 6.54 Å². The molecule has 0 spiro atoms. The van der Waals surface area contributed by atoms with Crippen molar-refractivity contribution in [2.45, 2.75) is 0 Å². The first kappa shape index (κ1) is 13.7. The van der Waals surface area contributed by atoms with Crippen molar-refractivity contribution in [3.05, 3.63) is 33.6 Å². The van der Waals surface area contributed by atoms with E-state index in [1.165, 1.54) is 12.1 Å². The van der Waals surface area contributed by atoms with E-state index in [0.29, 0.717) is 0 Å². The molecule has 0 aliphatic rings. The molecule has 0 amide bonds. The maximum absolute atomic E-state index is 13.2. The number of hydrogen-bond donors (Lipinski definition) is 1. The molecule has 0 radical (unpaired) electrons. The van der Waals surface area contributed by atoms with Gasteiger partial charge in [0.15, 0.2) is 11.6 Å². The third kappa shape index (κ3) is 2.82. The number of hydrogen-bond acceptors (Lipinski definition) is 2. The van der Waals surface area contributed by atoms with Gasteiger partial charge in [-0.15, -0.1) is 12.4 Å². The van der Waals surface area contributed by atoms with Crippen LogP contribution in [0.4, 0.5) is 4.39 Å². The topological polar surface area (TPSA) is 43.1 Å². The molecule has 1 rings (SSSR count). The van der Waals surface area contributed by atoms with Gasteiger partial charge < -0.3 is 5.73 Å². The first-order valence-corrected chi connectivity index (χ1v) is 4.19. The van der Waals surface area contributed by atoms with Gasteiger partial charge in [-0.2, -0.15) is 0 Å². The second-order valence-electron chi connectivity index (χ2n) is 2.38. The Morgan fingerprint density at radius 2 is 2.00 bits per heavy atom. The number of nitrogens with two attached hydrogens (primary N) is 1. The second kappa shape index (κ2) is 5.51. The zero-order chi connectivity index (χ0) is 10.0. The Labute approximate surface area is 96.6 Å². The Bertz CT molecular complexity index is 357. The van der Waals surface area contributed by atoms with Gasteiger partial charge in [0.25, 0.3) is 0 Å². The monoisotopic (exact) mass is 257 g/mol. The number of rotatable bonds is 2. The Kier molecular flexibility index (Phi) is 5.37. The lowest BCUT2D eigenvalue weighted by Gasteiger charge is -2.02. The number of carbonyl (C=O) groups excluding carboxylic acids is 1. The van der Waals surface area contributed by atoms with Gasteiger partial charge in [0, 0.05) is 5.02 Å². The summed E-state index contributed by atoms with van der Waals surface area (Å²) >= 11 is 11.0. The largest absolute Gasteiger partial charge is 0.324 e. The van der Waals surface area contributed by atoms with Crippen molar-refractivity contribution >= 4 is 41.4 Å². The van der Waals surface area contributed by atoms with Crippen LogP contribution in [-0.4, -0.2) is 12.3 Å². The second-order valence-corrected chi connectivity index (χ2v) is 3.22. The lowest BCUT2D eigenvalue weighted by atomic mass is 10.1. The molecule has 0 unspecified atom stereocenters. The predicted octanol–water partition coefficient (Wildman–Crippen LogP) is 2.70. The quantitative estimate of drug-likeness (QED) is 0.655.